The Morgan fingerprint density at radius 1 is 1.50 bits per heavy atom. The molecule has 1 aliphatic carbocycles. The lowest BCUT2D eigenvalue weighted by molar-refractivity contribution is -0.135. The summed E-state index contributed by atoms with van der Waals surface area (Å²) < 4.78 is 0. The maximum atomic E-state index is 11.8. The van der Waals surface area contributed by atoms with Crippen LogP contribution < -0.4 is 5.73 Å². The van der Waals surface area contributed by atoms with Gasteiger partial charge in [0.25, 0.3) is 0 Å². The average Bonchev–Trinajstić information content (AvgIpc) is 2.09. The lowest BCUT2D eigenvalue weighted by Gasteiger charge is -2.37. The highest BCUT2D eigenvalue weighted by molar-refractivity contribution is 5.76. The van der Waals surface area contributed by atoms with Gasteiger partial charge in [-0.3, -0.25) is 4.79 Å². The molecule has 82 valence electrons. The summed E-state index contributed by atoms with van der Waals surface area (Å²) in [6.07, 6.45) is 6.25. The van der Waals surface area contributed by atoms with Crippen LogP contribution >= 0.6 is 0 Å². The average molecular weight is 198 g/mol. The van der Waals surface area contributed by atoms with Crippen LogP contribution in [0.4, 0.5) is 0 Å². The second kappa shape index (κ2) is 6.02. The summed E-state index contributed by atoms with van der Waals surface area (Å²) in [6.45, 7) is 3.60. The molecule has 1 rings (SSSR count). The summed E-state index contributed by atoms with van der Waals surface area (Å²) in [6, 6.07) is 0.528. The van der Waals surface area contributed by atoms with Crippen LogP contribution in [0.25, 0.3) is 0 Å². The number of amides is 1. The third-order valence-electron chi connectivity index (χ3n) is 2.90. The van der Waals surface area contributed by atoms with Gasteiger partial charge in [-0.2, -0.15) is 0 Å². The number of hydrogen-bond acceptors (Lipinski definition) is 2. The predicted octanol–water partition coefficient (Wildman–Crippen LogP) is 1.52. The Morgan fingerprint density at radius 2 is 2.21 bits per heavy atom. The van der Waals surface area contributed by atoms with E-state index in [0.29, 0.717) is 24.9 Å². The maximum absolute atomic E-state index is 11.8. The van der Waals surface area contributed by atoms with Crippen molar-refractivity contribution in [2.75, 3.05) is 13.1 Å². The van der Waals surface area contributed by atoms with Gasteiger partial charge >= 0.3 is 0 Å². The number of nitrogens with zero attached hydrogens (tertiary/aromatic N) is 1. The quantitative estimate of drug-likeness (QED) is 0.703. The van der Waals surface area contributed by atoms with Gasteiger partial charge in [0.2, 0.25) is 5.91 Å². The van der Waals surface area contributed by atoms with Gasteiger partial charge in [-0.1, -0.05) is 6.92 Å². The molecule has 0 aromatic rings. The van der Waals surface area contributed by atoms with Crippen molar-refractivity contribution in [3.05, 3.63) is 0 Å². The first kappa shape index (κ1) is 11.5. The van der Waals surface area contributed by atoms with Crippen LogP contribution in [-0.4, -0.2) is 29.9 Å². The second-order valence-electron chi connectivity index (χ2n) is 4.06. The van der Waals surface area contributed by atoms with Crippen molar-refractivity contribution in [3.63, 3.8) is 0 Å². The highest BCUT2D eigenvalue weighted by Gasteiger charge is 2.27. The molecule has 0 heterocycles. The molecule has 0 atom stereocenters. The molecule has 2 N–H and O–H groups in total. The fraction of sp³-hybridized carbons (Fsp3) is 0.909. The number of nitrogens with two attached hydrogens (primary N) is 1. The van der Waals surface area contributed by atoms with Crippen molar-refractivity contribution in [2.24, 2.45) is 5.73 Å². The Bertz CT molecular complexity index is 178. The van der Waals surface area contributed by atoms with Crippen molar-refractivity contribution in [3.8, 4) is 0 Å². The van der Waals surface area contributed by atoms with Crippen molar-refractivity contribution in [1.29, 1.82) is 0 Å². The summed E-state index contributed by atoms with van der Waals surface area (Å²) >= 11 is 0. The number of carbonyl (C=O) groups excluding carboxylic acids is 1. The van der Waals surface area contributed by atoms with Gasteiger partial charge in [-0.15, -0.1) is 0 Å². The van der Waals surface area contributed by atoms with E-state index < -0.39 is 0 Å². The third kappa shape index (κ3) is 2.98. The molecule has 0 aromatic carbocycles. The third-order valence-corrected chi connectivity index (χ3v) is 2.90. The molecule has 3 nitrogen and oxygen atoms in total. The standard InChI is InChI=1S/C11H22N2O/c1-2-5-11(14)13(9-4-8-12)10-6-3-7-10/h10H,2-9,12H2,1H3. The Labute approximate surface area is 86.6 Å². The van der Waals surface area contributed by atoms with E-state index in [-0.39, 0.29) is 0 Å². The van der Waals surface area contributed by atoms with Gasteiger partial charge in [0.15, 0.2) is 0 Å². The minimum atomic E-state index is 0.325. The molecule has 3 heteroatoms. The molecule has 1 fully saturated rings. The van der Waals surface area contributed by atoms with Crippen LogP contribution in [0.15, 0.2) is 0 Å². The van der Waals surface area contributed by atoms with Crippen molar-refractivity contribution in [1.82, 2.24) is 4.90 Å². The molecule has 0 bridgehead atoms. The topological polar surface area (TPSA) is 46.3 Å². The zero-order chi connectivity index (χ0) is 10.4. The van der Waals surface area contributed by atoms with E-state index >= 15 is 0 Å². The van der Waals surface area contributed by atoms with Crippen molar-refractivity contribution in [2.45, 2.75) is 51.5 Å². The number of carbonyl (C=O) groups is 1. The van der Waals surface area contributed by atoms with Gasteiger partial charge < -0.3 is 10.6 Å². The molecule has 1 amide bonds. The van der Waals surface area contributed by atoms with Crippen LogP contribution in [0.1, 0.15) is 45.4 Å². The lowest BCUT2D eigenvalue weighted by Crippen LogP contribution is -2.45. The minimum absolute atomic E-state index is 0.325. The van der Waals surface area contributed by atoms with Gasteiger partial charge in [-0.25, -0.2) is 0 Å². The molecule has 0 aromatic heterocycles. The van der Waals surface area contributed by atoms with Crippen LogP contribution in [0.2, 0.25) is 0 Å². The van der Waals surface area contributed by atoms with Crippen LogP contribution in [0.3, 0.4) is 0 Å². The maximum Gasteiger partial charge on any atom is 0.222 e. The number of rotatable bonds is 6. The van der Waals surface area contributed by atoms with E-state index in [1.54, 1.807) is 0 Å². The SMILES string of the molecule is CCCC(=O)N(CCCN)C1CCC1. The first-order valence-electron chi connectivity index (χ1n) is 5.79. The van der Waals surface area contributed by atoms with Gasteiger partial charge in [0.1, 0.15) is 0 Å². The van der Waals surface area contributed by atoms with E-state index in [9.17, 15) is 4.79 Å². The van der Waals surface area contributed by atoms with Crippen LogP contribution in [0.5, 0.6) is 0 Å². The fourth-order valence-electron chi connectivity index (χ4n) is 1.83. The molecule has 0 aliphatic heterocycles. The second-order valence-corrected chi connectivity index (χ2v) is 4.06. The Hall–Kier alpha value is -0.570. The molecule has 0 saturated heterocycles. The lowest BCUT2D eigenvalue weighted by atomic mass is 9.91. The van der Waals surface area contributed by atoms with E-state index in [1.165, 1.54) is 19.3 Å². The molecule has 0 unspecified atom stereocenters. The molecule has 14 heavy (non-hydrogen) atoms. The van der Waals surface area contributed by atoms with Gasteiger partial charge in [0, 0.05) is 19.0 Å². The summed E-state index contributed by atoms with van der Waals surface area (Å²) in [7, 11) is 0. The highest BCUT2D eigenvalue weighted by atomic mass is 16.2. The van der Waals surface area contributed by atoms with Crippen LogP contribution in [0, 0.1) is 0 Å². The zero-order valence-electron chi connectivity index (χ0n) is 9.17. The molecular formula is C11H22N2O. The molecule has 1 aliphatic rings. The normalized spacial score (nSPS) is 16.4. The van der Waals surface area contributed by atoms with Crippen LogP contribution in [-0.2, 0) is 4.79 Å². The van der Waals surface area contributed by atoms with Gasteiger partial charge in [0.05, 0.1) is 0 Å². The Balaban J connectivity index is 2.38. The summed E-state index contributed by atoms with van der Waals surface area (Å²) in [4.78, 5) is 13.8. The van der Waals surface area contributed by atoms with E-state index in [0.717, 1.165) is 19.4 Å². The first-order valence-corrected chi connectivity index (χ1v) is 5.79. The van der Waals surface area contributed by atoms with E-state index in [4.69, 9.17) is 5.73 Å². The highest BCUT2D eigenvalue weighted by Crippen LogP contribution is 2.25. The monoisotopic (exact) mass is 198 g/mol. The number of hydrogen-bond donors (Lipinski definition) is 1. The van der Waals surface area contributed by atoms with Crippen molar-refractivity contribution < 1.29 is 4.79 Å². The van der Waals surface area contributed by atoms with Crippen molar-refractivity contribution >= 4 is 5.91 Å². The Morgan fingerprint density at radius 3 is 2.64 bits per heavy atom. The van der Waals surface area contributed by atoms with Gasteiger partial charge in [-0.05, 0) is 38.6 Å². The predicted molar refractivity (Wildman–Crippen MR) is 57.9 cm³/mol. The summed E-state index contributed by atoms with van der Waals surface area (Å²) in [5.74, 6) is 0.325. The summed E-state index contributed by atoms with van der Waals surface area (Å²) in [5.41, 5.74) is 5.47. The zero-order valence-corrected chi connectivity index (χ0v) is 9.17. The molecular weight excluding hydrogens is 176 g/mol. The van der Waals surface area contributed by atoms with E-state index in [1.807, 2.05) is 0 Å². The van der Waals surface area contributed by atoms with E-state index in [2.05, 4.69) is 11.8 Å². The molecule has 1 saturated carbocycles. The Kier molecular flexibility index (Phi) is 4.94. The minimum Gasteiger partial charge on any atom is -0.340 e. The smallest absolute Gasteiger partial charge is 0.222 e. The summed E-state index contributed by atoms with van der Waals surface area (Å²) in [5, 5.41) is 0. The first-order chi connectivity index (χ1) is 6.79. The molecule has 0 radical (unpaired) electrons. The molecule has 0 spiro atoms. The largest absolute Gasteiger partial charge is 0.340 e. The fourth-order valence-corrected chi connectivity index (χ4v) is 1.83.